The Labute approximate surface area is 158 Å². The summed E-state index contributed by atoms with van der Waals surface area (Å²) in [6, 6.07) is 16.0. The first-order valence-corrected chi connectivity index (χ1v) is 9.58. The fourth-order valence-corrected chi connectivity index (χ4v) is 2.51. The highest BCUT2D eigenvalue weighted by Gasteiger charge is 2.10. The molecule has 2 rings (SSSR count). The Hall–Kier alpha value is -2.20. The maximum Gasteiger partial charge on any atom is 0.119 e. The van der Waals surface area contributed by atoms with Crippen molar-refractivity contribution < 1.29 is 9.22 Å². The molecule has 0 heterocycles. The second-order valence-electron chi connectivity index (χ2n) is 7.25. The number of hydrogen-bond donors (Lipinski definition) is 0. The van der Waals surface area contributed by atoms with E-state index in [1.165, 1.54) is 25.1 Å². The van der Waals surface area contributed by atoms with Gasteiger partial charge in [-0.25, -0.2) is 0 Å². The summed E-state index contributed by atoms with van der Waals surface area (Å²) in [5.74, 6) is 0.889. The van der Waals surface area contributed by atoms with Gasteiger partial charge in [-0.05, 0) is 68.1 Å². The molecule has 0 radical (unpaired) electrons. The highest BCUT2D eigenvalue weighted by Crippen LogP contribution is 2.22. The highest BCUT2D eigenvalue weighted by atomic mass is 16.5. The summed E-state index contributed by atoms with van der Waals surface area (Å²) in [5, 5.41) is 8.57. The van der Waals surface area contributed by atoms with E-state index in [2.05, 4.69) is 50.3 Å². The molecule has 2 aromatic rings. The van der Waals surface area contributed by atoms with E-state index < -0.39 is 0 Å². The van der Waals surface area contributed by atoms with E-state index in [0.717, 1.165) is 41.1 Å². The van der Waals surface area contributed by atoms with Crippen LogP contribution in [0, 0.1) is 0 Å². The topological polar surface area (TPSA) is 34.0 Å². The maximum absolute atomic E-state index is 5.82. The number of unbranched alkanes of at least 4 members (excludes halogenated alkanes) is 1. The molecule has 0 bridgehead atoms. The van der Waals surface area contributed by atoms with Crippen LogP contribution in [-0.4, -0.2) is 38.3 Å². The zero-order chi connectivity index (χ0) is 18.8. The van der Waals surface area contributed by atoms with Crippen LogP contribution in [0.3, 0.4) is 0 Å². The molecule has 4 nitrogen and oxygen atoms in total. The van der Waals surface area contributed by atoms with Crippen LogP contribution < -0.4 is 4.74 Å². The molecule has 0 saturated carbocycles. The molecule has 0 amide bonds. The summed E-state index contributed by atoms with van der Waals surface area (Å²) >= 11 is 0. The molecule has 0 fully saturated rings. The van der Waals surface area contributed by atoms with Gasteiger partial charge >= 0.3 is 0 Å². The standard InChI is InChI=1S/C22H32N3O/c1-5-19-9-11-20(12-10-19)23-24-21-13-15-22(16-14-21)26-18-8-7-17-25(3,4)6-2/h9-16H,5-8,17-18H2,1-4H3/q+1. The predicted molar refractivity (Wildman–Crippen MR) is 109 cm³/mol. The Morgan fingerprint density at radius 1 is 0.808 bits per heavy atom. The number of quaternary nitrogens is 1. The molecule has 0 aliphatic carbocycles. The van der Waals surface area contributed by atoms with Crippen LogP contribution in [0.15, 0.2) is 58.8 Å². The minimum atomic E-state index is 0.758. The van der Waals surface area contributed by atoms with Crippen molar-refractivity contribution in [2.75, 3.05) is 33.8 Å². The fraction of sp³-hybridized carbons (Fsp3) is 0.455. The minimum Gasteiger partial charge on any atom is -0.494 e. The van der Waals surface area contributed by atoms with E-state index in [0.29, 0.717) is 0 Å². The lowest BCUT2D eigenvalue weighted by molar-refractivity contribution is -0.888. The van der Waals surface area contributed by atoms with Gasteiger partial charge in [-0.1, -0.05) is 19.1 Å². The number of azo groups is 1. The summed E-state index contributed by atoms with van der Waals surface area (Å²) in [5.41, 5.74) is 3.01. The Morgan fingerprint density at radius 2 is 1.38 bits per heavy atom. The molecule has 0 saturated heterocycles. The van der Waals surface area contributed by atoms with Gasteiger partial charge in [0.15, 0.2) is 0 Å². The molecule has 2 aromatic carbocycles. The molecule has 0 aliphatic heterocycles. The number of hydrogen-bond acceptors (Lipinski definition) is 3. The first-order valence-electron chi connectivity index (χ1n) is 9.58. The summed E-state index contributed by atoms with van der Waals surface area (Å²) in [7, 11) is 4.54. The molecular weight excluding hydrogens is 322 g/mol. The van der Waals surface area contributed by atoms with Gasteiger partial charge in [-0.2, -0.15) is 10.2 Å². The first-order chi connectivity index (χ1) is 12.5. The van der Waals surface area contributed by atoms with E-state index in [1.54, 1.807) is 0 Å². The van der Waals surface area contributed by atoms with Crippen LogP contribution in [-0.2, 0) is 6.42 Å². The number of aryl methyl sites for hydroxylation is 1. The summed E-state index contributed by atoms with van der Waals surface area (Å²) in [4.78, 5) is 0. The lowest BCUT2D eigenvalue weighted by Gasteiger charge is -2.28. The first kappa shape index (κ1) is 20.1. The van der Waals surface area contributed by atoms with Gasteiger partial charge in [0.05, 0.1) is 45.2 Å². The van der Waals surface area contributed by atoms with Crippen LogP contribution in [0.25, 0.3) is 0 Å². The highest BCUT2D eigenvalue weighted by molar-refractivity contribution is 5.43. The Kier molecular flexibility index (Phi) is 7.79. The Balaban J connectivity index is 1.76. The molecule has 0 aliphatic rings. The molecule has 0 N–H and O–H groups in total. The average molecular weight is 355 g/mol. The quantitative estimate of drug-likeness (QED) is 0.296. The van der Waals surface area contributed by atoms with Crippen molar-refractivity contribution in [2.45, 2.75) is 33.1 Å². The van der Waals surface area contributed by atoms with Crippen LogP contribution in [0.4, 0.5) is 11.4 Å². The van der Waals surface area contributed by atoms with Crippen molar-refractivity contribution in [1.29, 1.82) is 0 Å². The zero-order valence-corrected chi connectivity index (χ0v) is 16.6. The molecule has 26 heavy (non-hydrogen) atoms. The molecule has 0 unspecified atom stereocenters. The van der Waals surface area contributed by atoms with Gasteiger partial charge in [0.25, 0.3) is 0 Å². The van der Waals surface area contributed by atoms with Gasteiger partial charge in [0.1, 0.15) is 5.75 Å². The van der Waals surface area contributed by atoms with E-state index >= 15 is 0 Å². The molecule has 0 aromatic heterocycles. The number of rotatable bonds is 10. The van der Waals surface area contributed by atoms with Gasteiger partial charge in [-0.3, -0.25) is 0 Å². The molecule has 140 valence electrons. The number of ether oxygens (including phenoxy) is 1. The van der Waals surface area contributed by atoms with Crippen LogP contribution in [0.5, 0.6) is 5.75 Å². The van der Waals surface area contributed by atoms with Crippen molar-refractivity contribution >= 4 is 11.4 Å². The zero-order valence-electron chi connectivity index (χ0n) is 16.6. The molecular formula is C22H32N3O+. The smallest absolute Gasteiger partial charge is 0.119 e. The van der Waals surface area contributed by atoms with E-state index in [4.69, 9.17) is 4.74 Å². The van der Waals surface area contributed by atoms with E-state index in [1.807, 2.05) is 36.4 Å². The van der Waals surface area contributed by atoms with Crippen molar-refractivity contribution in [3.63, 3.8) is 0 Å². The monoisotopic (exact) mass is 354 g/mol. The third kappa shape index (κ3) is 6.96. The fourth-order valence-electron chi connectivity index (χ4n) is 2.51. The van der Waals surface area contributed by atoms with Crippen molar-refractivity contribution in [3.05, 3.63) is 54.1 Å². The van der Waals surface area contributed by atoms with Crippen LogP contribution in [0.1, 0.15) is 32.3 Å². The van der Waals surface area contributed by atoms with Gasteiger partial charge in [0.2, 0.25) is 0 Å². The summed E-state index contributed by atoms with van der Waals surface area (Å²) in [6.45, 7) is 7.49. The van der Waals surface area contributed by atoms with Gasteiger partial charge < -0.3 is 9.22 Å². The third-order valence-electron chi connectivity index (χ3n) is 4.74. The normalized spacial score (nSPS) is 11.8. The van der Waals surface area contributed by atoms with Crippen LogP contribution in [0.2, 0.25) is 0 Å². The molecule has 0 atom stereocenters. The largest absolute Gasteiger partial charge is 0.494 e. The Bertz CT molecular complexity index is 676. The third-order valence-corrected chi connectivity index (χ3v) is 4.74. The number of nitrogens with zero attached hydrogens (tertiary/aromatic N) is 3. The Morgan fingerprint density at radius 3 is 1.92 bits per heavy atom. The second kappa shape index (κ2) is 10.1. The predicted octanol–water partition coefficient (Wildman–Crippen LogP) is 5.92. The minimum absolute atomic E-state index is 0.758. The maximum atomic E-state index is 5.82. The van der Waals surface area contributed by atoms with Gasteiger partial charge in [0, 0.05) is 0 Å². The average Bonchev–Trinajstić information content (AvgIpc) is 2.67. The van der Waals surface area contributed by atoms with Crippen LogP contribution >= 0.6 is 0 Å². The lowest BCUT2D eigenvalue weighted by Crippen LogP contribution is -2.40. The summed E-state index contributed by atoms with van der Waals surface area (Å²) in [6.07, 6.45) is 3.30. The molecule has 4 heteroatoms. The lowest BCUT2D eigenvalue weighted by atomic mass is 10.2. The van der Waals surface area contributed by atoms with E-state index in [-0.39, 0.29) is 0 Å². The van der Waals surface area contributed by atoms with E-state index in [9.17, 15) is 0 Å². The molecule has 0 spiro atoms. The van der Waals surface area contributed by atoms with Crippen molar-refractivity contribution in [3.8, 4) is 5.75 Å². The SMILES string of the molecule is CCc1ccc(N=Nc2ccc(OCCCC[N+](C)(C)CC)cc2)cc1. The summed E-state index contributed by atoms with van der Waals surface area (Å²) < 4.78 is 6.89. The van der Waals surface area contributed by atoms with Crippen molar-refractivity contribution in [1.82, 2.24) is 0 Å². The second-order valence-corrected chi connectivity index (χ2v) is 7.25. The van der Waals surface area contributed by atoms with Crippen molar-refractivity contribution in [2.24, 2.45) is 10.2 Å². The number of benzene rings is 2. The van der Waals surface area contributed by atoms with Gasteiger partial charge in [-0.15, -0.1) is 0 Å².